The van der Waals surface area contributed by atoms with Crippen molar-refractivity contribution in [2.75, 3.05) is 0 Å². The first-order valence-electron chi connectivity index (χ1n) is 11.0. The van der Waals surface area contributed by atoms with E-state index >= 15 is 0 Å². The first-order valence-corrected chi connectivity index (χ1v) is 11.0. The average molecular weight is 425 g/mol. The van der Waals surface area contributed by atoms with E-state index in [0.29, 0.717) is 25.7 Å². The van der Waals surface area contributed by atoms with Gasteiger partial charge in [0.15, 0.2) is 0 Å². The number of hydrogen-bond donors (Lipinski definition) is 4. The highest BCUT2D eigenvalue weighted by Gasteiger charge is 2.42. The van der Waals surface area contributed by atoms with Gasteiger partial charge < -0.3 is 25.2 Å². The number of rotatable bonds is 10. The molecule has 0 heterocycles. The number of carbonyl (C=O) groups is 2. The molecule has 2 aliphatic carbocycles. The quantitative estimate of drug-likeness (QED) is 0.397. The third-order valence-corrected chi connectivity index (χ3v) is 6.44. The van der Waals surface area contributed by atoms with Crippen LogP contribution in [-0.2, 0) is 14.3 Å². The minimum absolute atomic E-state index is 0.0156. The van der Waals surface area contributed by atoms with Crippen LogP contribution in [0.25, 0.3) is 0 Å². The summed E-state index contributed by atoms with van der Waals surface area (Å²) in [6.07, 6.45) is 4.64. The second-order valence-electron chi connectivity index (χ2n) is 8.88. The molecule has 7 nitrogen and oxygen atoms in total. The summed E-state index contributed by atoms with van der Waals surface area (Å²) >= 11 is 0. The average Bonchev–Trinajstić information content (AvgIpc) is 2.65. The van der Waals surface area contributed by atoms with Gasteiger partial charge in [-0.25, -0.2) is 0 Å². The van der Waals surface area contributed by atoms with Gasteiger partial charge in [-0.3, -0.25) is 9.59 Å². The van der Waals surface area contributed by atoms with Gasteiger partial charge in [0, 0.05) is 12.3 Å². The van der Waals surface area contributed by atoms with Gasteiger partial charge in [0.2, 0.25) is 0 Å². The normalized spacial score (nSPS) is 31.3. The standard InChI is InChI=1S/C23H36O7/c1-4-13(2)23(29)30-20-11-17(25)9-15-6-5-14(3)19(22(15)20)8-7-16(24)10-18(26)12-21(27)28/h5-6,9,13-14,16-20,22,24-26H,4,7-8,10-12H2,1-3H3,(H,27,28)/t13-,14-,16+,17-,18+,19-,20-,22-/m1/s1. The number of aliphatic hydroxyl groups excluding tert-OH is 3. The molecule has 0 saturated carbocycles. The van der Waals surface area contributed by atoms with Crippen LogP contribution >= 0.6 is 0 Å². The number of carboxylic acids is 1. The molecular weight excluding hydrogens is 388 g/mol. The Bertz CT molecular complexity index is 656. The molecule has 0 radical (unpaired) electrons. The molecule has 0 aromatic carbocycles. The van der Waals surface area contributed by atoms with Crippen LogP contribution in [0.3, 0.4) is 0 Å². The van der Waals surface area contributed by atoms with Gasteiger partial charge in [-0.15, -0.1) is 0 Å². The number of fused-ring (bicyclic) bond motifs is 1. The molecule has 4 N–H and O–H groups in total. The number of allylic oxidation sites excluding steroid dienone is 2. The number of carbonyl (C=O) groups excluding carboxylic acids is 1. The molecule has 7 heteroatoms. The third kappa shape index (κ3) is 6.65. The Balaban J connectivity index is 2.09. The third-order valence-electron chi connectivity index (χ3n) is 6.44. The SMILES string of the molecule is CC[C@@H](C)C(=O)O[C@@H]1C[C@H](O)C=C2C=C[C@@H](C)[C@@H](CC[C@H](O)C[C@H](O)CC(=O)O)[C@@H]21. The number of ether oxygens (including phenoxy) is 1. The van der Waals surface area contributed by atoms with Crippen LogP contribution < -0.4 is 0 Å². The van der Waals surface area contributed by atoms with E-state index in [1.165, 1.54) is 0 Å². The molecule has 0 bridgehead atoms. The molecule has 0 saturated heterocycles. The van der Waals surface area contributed by atoms with Gasteiger partial charge in [-0.1, -0.05) is 39.0 Å². The van der Waals surface area contributed by atoms with E-state index in [-0.39, 0.29) is 42.5 Å². The van der Waals surface area contributed by atoms with Crippen LogP contribution in [0.15, 0.2) is 23.8 Å². The molecule has 0 unspecified atom stereocenters. The molecule has 0 aliphatic heterocycles. The maximum atomic E-state index is 12.4. The molecular formula is C23H36O7. The number of carboxylic acid groups (broad SMARTS) is 1. The molecule has 0 aromatic rings. The first-order chi connectivity index (χ1) is 14.1. The Morgan fingerprint density at radius 1 is 1.27 bits per heavy atom. The molecule has 2 aliphatic rings. The first kappa shape index (κ1) is 24.6. The monoisotopic (exact) mass is 424 g/mol. The van der Waals surface area contributed by atoms with Crippen LogP contribution in [0, 0.1) is 23.7 Å². The maximum Gasteiger partial charge on any atom is 0.308 e. The number of hydrogen-bond acceptors (Lipinski definition) is 6. The van der Waals surface area contributed by atoms with Crippen LogP contribution in [0.5, 0.6) is 0 Å². The summed E-state index contributed by atoms with van der Waals surface area (Å²) in [6.45, 7) is 5.85. The van der Waals surface area contributed by atoms with E-state index in [1.54, 1.807) is 0 Å². The summed E-state index contributed by atoms with van der Waals surface area (Å²) in [5.41, 5.74) is 0.958. The molecule has 170 valence electrons. The molecule has 0 amide bonds. The second kappa shape index (κ2) is 11.1. The Kier molecular flexibility index (Phi) is 9.07. The number of aliphatic hydroxyl groups is 3. The molecule has 30 heavy (non-hydrogen) atoms. The van der Waals surface area contributed by atoms with Gasteiger partial charge in [0.1, 0.15) is 6.10 Å². The Hall–Kier alpha value is -1.70. The zero-order chi connectivity index (χ0) is 22.4. The topological polar surface area (TPSA) is 124 Å². The number of esters is 1. The van der Waals surface area contributed by atoms with Crippen molar-refractivity contribution in [1.82, 2.24) is 0 Å². The Morgan fingerprint density at radius 3 is 2.60 bits per heavy atom. The van der Waals surface area contributed by atoms with Crippen LogP contribution in [0.2, 0.25) is 0 Å². The second-order valence-corrected chi connectivity index (χ2v) is 8.88. The summed E-state index contributed by atoms with van der Waals surface area (Å²) in [5, 5.41) is 39.1. The van der Waals surface area contributed by atoms with Gasteiger partial charge in [0.25, 0.3) is 0 Å². The maximum absolute atomic E-state index is 12.4. The Morgan fingerprint density at radius 2 is 1.97 bits per heavy atom. The van der Waals surface area contributed by atoms with E-state index in [2.05, 4.69) is 13.0 Å². The van der Waals surface area contributed by atoms with Crippen molar-refractivity contribution in [3.8, 4) is 0 Å². The lowest BCUT2D eigenvalue weighted by Gasteiger charge is -2.43. The van der Waals surface area contributed by atoms with Gasteiger partial charge >= 0.3 is 11.9 Å². The Labute approximate surface area is 178 Å². The van der Waals surface area contributed by atoms with Crippen molar-refractivity contribution < 1.29 is 34.8 Å². The minimum Gasteiger partial charge on any atom is -0.481 e. The predicted octanol–water partition coefficient (Wildman–Crippen LogP) is 2.44. The van der Waals surface area contributed by atoms with Crippen molar-refractivity contribution in [2.24, 2.45) is 23.7 Å². The van der Waals surface area contributed by atoms with Crippen molar-refractivity contribution in [2.45, 2.75) is 83.7 Å². The molecule has 0 spiro atoms. The summed E-state index contributed by atoms with van der Waals surface area (Å²) in [4.78, 5) is 23.1. The van der Waals surface area contributed by atoms with E-state index in [1.807, 2.05) is 26.0 Å². The highest BCUT2D eigenvalue weighted by molar-refractivity contribution is 5.72. The van der Waals surface area contributed by atoms with Crippen molar-refractivity contribution >= 4 is 11.9 Å². The van der Waals surface area contributed by atoms with Gasteiger partial charge in [-0.2, -0.15) is 0 Å². The van der Waals surface area contributed by atoms with Gasteiger partial charge in [0.05, 0.1) is 30.7 Å². The lowest BCUT2D eigenvalue weighted by molar-refractivity contribution is -0.159. The zero-order valence-electron chi connectivity index (χ0n) is 18.1. The fraction of sp³-hybridized carbons (Fsp3) is 0.739. The largest absolute Gasteiger partial charge is 0.481 e. The lowest BCUT2D eigenvalue weighted by atomic mass is 9.66. The highest BCUT2D eigenvalue weighted by atomic mass is 16.5. The van der Waals surface area contributed by atoms with E-state index in [4.69, 9.17) is 9.84 Å². The summed E-state index contributed by atoms with van der Waals surface area (Å²) in [5.74, 6) is -1.31. The molecule has 0 aromatic heterocycles. The van der Waals surface area contributed by atoms with E-state index < -0.39 is 30.4 Å². The molecule has 8 atom stereocenters. The van der Waals surface area contributed by atoms with Crippen LogP contribution in [-0.4, -0.2) is 56.8 Å². The highest BCUT2D eigenvalue weighted by Crippen LogP contribution is 2.44. The summed E-state index contributed by atoms with van der Waals surface area (Å²) in [6, 6.07) is 0. The minimum atomic E-state index is -1.10. The smallest absolute Gasteiger partial charge is 0.308 e. The van der Waals surface area contributed by atoms with Crippen molar-refractivity contribution in [3.63, 3.8) is 0 Å². The zero-order valence-corrected chi connectivity index (χ0v) is 18.1. The lowest BCUT2D eigenvalue weighted by Crippen LogP contribution is -2.43. The number of aliphatic carboxylic acids is 1. The van der Waals surface area contributed by atoms with E-state index in [9.17, 15) is 24.9 Å². The predicted molar refractivity (Wildman–Crippen MR) is 111 cm³/mol. The molecule has 0 fully saturated rings. The van der Waals surface area contributed by atoms with Crippen molar-refractivity contribution in [1.29, 1.82) is 0 Å². The fourth-order valence-corrected chi connectivity index (χ4v) is 4.52. The molecule has 2 rings (SSSR count). The fourth-order valence-electron chi connectivity index (χ4n) is 4.52. The van der Waals surface area contributed by atoms with E-state index in [0.717, 1.165) is 5.57 Å². The van der Waals surface area contributed by atoms with Crippen LogP contribution in [0.1, 0.15) is 59.3 Å². The van der Waals surface area contributed by atoms with Gasteiger partial charge in [-0.05, 0) is 43.1 Å². The summed E-state index contributed by atoms with van der Waals surface area (Å²) < 4.78 is 5.84. The van der Waals surface area contributed by atoms with Crippen LogP contribution in [0.4, 0.5) is 0 Å². The summed E-state index contributed by atoms with van der Waals surface area (Å²) in [7, 11) is 0. The van der Waals surface area contributed by atoms with Crippen molar-refractivity contribution in [3.05, 3.63) is 23.8 Å².